The van der Waals surface area contributed by atoms with E-state index >= 15 is 0 Å². The van der Waals surface area contributed by atoms with Crippen LogP contribution in [-0.4, -0.2) is 59.6 Å². The molecule has 4 atom stereocenters. The van der Waals surface area contributed by atoms with Crippen LogP contribution in [0.4, 0.5) is 0 Å². The lowest BCUT2D eigenvalue weighted by Crippen LogP contribution is -2.55. The molecule has 1 saturated heterocycles. The van der Waals surface area contributed by atoms with Crippen LogP contribution in [-0.2, 0) is 9.47 Å². The number of aliphatic hydroxyl groups excluding tert-OH is 3. The SMILES string of the molecule is CCC/C=C/CCCO[C@@H]1CO[C@@H](CO)[C@H](O)[C@H]1O. The van der Waals surface area contributed by atoms with Gasteiger partial charge >= 0.3 is 0 Å². The van der Waals surface area contributed by atoms with Crippen molar-refractivity contribution in [2.75, 3.05) is 19.8 Å². The highest BCUT2D eigenvalue weighted by Gasteiger charge is 2.38. The molecule has 1 fully saturated rings. The summed E-state index contributed by atoms with van der Waals surface area (Å²) in [5, 5.41) is 28.5. The van der Waals surface area contributed by atoms with Gasteiger partial charge in [-0.25, -0.2) is 0 Å². The maximum absolute atomic E-state index is 9.83. The maximum Gasteiger partial charge on any atom is 0.111 e. The normalized spacial score (nSPS) is 32.0. The minimum absolute atomic E-state index is 0.203. The lowest BCUT2D eigenvalue weighted by atomic mass is 10.0. The van der Waals surface area contributed by atoms with Gasteiger partial charge in [0.25, 0.3) is 0 Å². The van der Waals surface area contributed by atoms with Crippen LogP contribution in [0.5, 0.6) is 0 Å². The number of rotatable bonds is 8. The standard InChI is InChI=1S/C14H26O5/c1-2-3-4-5-6-7-8-18-12-10-19-11(9-15)13(16)14(12)17/h4-5,11-17H,2-3,6-10H2,1H3/b5-4+/t11-,12+,13-,14-/m0/s1. The van der Waals surface area contributed by atoms with Crippen molar-refractivity contribution in [1.82, 2.24) is 0 Å². The molecular formula is C14H26O5. The van der Waals surface area contributed by atoms with Crippen LogP contribution in [0.3, 0.4) is 0 Å². The molecule has 1 heterocycles. The van der Waals surface area contributed by atoms with E-state index in [0.717, 1.165) is 25.7 Å². The van der Waals surface area contributed by atoms with Crippen LogP contribution in [0, 0.1) is 0 Å². The first-order valence-corrected chi connectivity index (χ1v) is 7.05. The van der Waals surface area contributed by atoms with Crippen LogP contribution < -0.4 is 0 Å². The highest BCUT2D eigenvalue weighted by Crippen LogP contribution is 2.18. The van der Waals surface area contributed by atoms with Gasteiger partial charge in [-0.05, 0) is 19.3 Å². The maximum atomic E-state index is 9.83. The van der Waals surface area contributed by atoms with E-state index in [1.807, 2.05) is 0 Å². The fourth-order valence-electron chi connectivity index (χ4n) is 2.00. The molecule has 1 aliphatic heterocycles. The molecule has 5 heteroatoms. The van der Waals surface area contributed by atoms with Crippen molar-refractivity contribution in [3.63, 3.8) is 0 Å². The first-order valence-electron chi connectivity index (χ1n) is 7.05. The summed E-state index contributed by atoms with van der Waals surface area (Å²) in [6, 6.07) is 0. The fraction of sp³-hybridized carbons (Fsp3) is 0.857. The summed E-state index contributed by atoms with van der Waals surface area (Å²) in [7, 11) is 0. The van der Waals surface area contributed by atoms with Crippen molar-refractivity contribution in [1.29, 1.82) is 0 Å². The first-order chi connectivity index (χ1) is 9.20. The molecule has 0 aliphatic carbocycles. The van der Waals surface area contributed by atoms with Crippen molar-refractivity contribution in [2.24, 2.45) is 0 Å². The van der Waals surface area contributed by atoms with Gasteiger partial charge in [0.1, 0.15) is 24.4 Å². The van der Waals surface area contributed by atoms with Gasteiger partial charge < -0.3 is 24.8 Å². The predicted molar refractivity (Wildman–Crippen MR) is 71.9 cm³/mol. The Kier molecular flexibility index (Phi) is 8.25. The van der Waals surface area contributed by atoms with Gasteiger partial charge in [0, 0.05) is 6.61 Å². The number of hydrogen-bond donors (Lipinski definition) is 3. The summed E-state index contributed by atoms with van der Waals surface area (Å²) >= 11 is 0. The van der Waals surface area contributed by atoms with Gasteiger partial charge in [0.05, 0.1) is 13.2 Å². The highest BCUT2D eigenvalue weighted by molar-refractivity contribution is 4.87. The molecule has 3 N–H and O–H groups in total. The molecule has 0 bridgehead atoms. The second-order valence-electron chi connectivity index (χ2n) is 4.85. The fourth-order valence-corrected chi connectivity index (χ4v) is 2.00. The summed E-state index contributed by atoms with van der Waals surface area (Å²) < 4.78 is 10.7. The Morgan fingerprint density at radius 2 is 1.95 bits per heavy atom. The summed E-state index contributed by atoms with van der Waals surface area (Å²) in [4.78, 5) is 0. The zero-order chi connectivity index (χ0) is 14.1. The third-order valence-corrected chi connectivity index (χ3v) is 3.24. The molecule has 0 aromatic heterocycles. The average Bonchev–Trinajstić information content (AvgIpc) is 2.42. The van der Waals surface area contributed by atoms with Gasteiger partial charge in [0.15, 0.2) is 0 Å². The van der Waals surface area contributed by atoms with E-state index in [0.29, 0.717) is 6.61 Å². The molecule has 0 radical (unpaired) electrons. The molecule has 1 aliphatic rings. The molecule has 0 spiro atoms. The third kappa shape index (κ3) is 5.58. The third-order valence-electron chi connectivity index (χ3n) is 3.24. The van der Waals surface area contributed by atoms with E-state index in [1.165, 1.54) is 0 Å². The summed E-state index contributed by atoms with van der Waals surface area (Å²) in [6.45, 7) is 2.57. The summed E-state index contributed by atoms with van der Waals surface area (Å²) in [6.07, 6.45) is 5.06. The van der Waals surface area contributed by atoms with Crippen LogP contribution in [0.15, 0.2) is 12.2 Å². The molecule has 0 aromatic carbocycles. The molecule has 0 amide bonds. The second kappa shape index (κ2) is 9.44. The van der Waals surface area contributed by atoms with E-state index in [4.69, 9.17) is 14.6 Å². The minimum Gasteiger partial charge on any atom is -0.394 e. The smallest absolute Gasteiger partial charge is 0.111 e. The van der Waals surface area contributed by atoms with Crippen LogP contribution >= 0.6 is 0 Å². The monoisotopic (exact) mass is 274 g/mol. The lowest BCUT2D eigenvalue weighted by Gasteiger charge is -2.36. The first kappa shape index (κ1) is 16.6. The number of allylic oxidation sites excluding steroid dienone is 2. The van der Waals surface area contributed by atoms with Crippen molar-refractivity contribution in [3.05, 3.63) is 12.2 Å². The van der Waals surface area contributed by atoms with Gasteiger partial charge in [-0.2, -0.15) is 0 Å². The second-order valence-corrected chi connectivity index (χ2v) is 4.85. The number of ether oxygens (including phenoxy) is 2. The Bertz CT molecular complexity index is 256. The largest absolute Gasteiger partial charge is 0.394 e. The Morgan fingerprint density at radius 3 is 2.63 bits per heavy atom. The zero-order valence-electron chi connectivity index (χ0n) is 11.6. The van der Waals surface area contributed by atoms with Crippen LogP contribution in [0.2, 0.25) is 0 Å². The van der Waals surface area contributed by atoms with E-state index in [1.54, 1.807) is 0 Å². The van der Waals surface area contributed by atoms with Crippen molar-refractivity contribution in [2.45, 2.75) is 57.0 Å². The van der Waals surface area contributed by atoms with Gasteiger partial charge in [-0.15, -0.1) is 0 Å². The van der Waals surface area contributed by atoms with Crippen LogP contribution in [0.1, 0.15) is 32.6 Å². The molecule has 0 saturated carbocycles. The summed E-state index contributed by atoms with van der Waals surface area (Å²) in [5.41, 5.74) is 0. The molecular weight excluding hydrogens is 248 g/mol. The average molecular weight is 274 g/mol. The molecule has 112 valence electrons. The van der Waals surface area contributed by atoms with Crippen molar-refractivity contribution in [3.8, 4) is 0 Å². The van der Waals surface area contributed by atoms with Gasteiger partial charge in [0.2, 0.25) is 0 Å². The van der Waals surface area contributed by atoms with Crippen LogP contribution in [0.25, 0.3) is 0 Å². The van der Waals surface area contributed by atoms with Crippen molar-refractivity contribution >= 4 is 0 Å². The van der Waals surface area contributed by atoms with E-state index in [-0.39, 0.29) is 13.2 Å². The van der Waals surface area contributed by atoms with E-state index in [2.05, 4.69) is 19.1 Å². The number of aliphatic hydroxyl groups is 3. The predicted octanol–water partition coefficient (Wildman–Crippen LogP) is 0.621. The molecule has 5 nitrogen and oxygen atoms in total. The van der Waals surface area contributed by atoms with Gasteiger partial charge in [-0.3, -0.25) is 0 Å². The Labute approximate surface area is 114 Å². The van der Waals surface area contributed by atoms with Crippen molar-refractivity contribution < 1.29 is 24.8 Å². The van der Waals surface area contributed by atoms with Gasteiger partial charge in [-0.1, -0.05) is 25.5 Å². The Balaban J connectivity index is 2.16. The Hall–Kier alpha value is -0.460. The quantitative estimate of drug-likeness (QED) is 0.447. The van der Waals surface area contributed by atoms with E-state index in [9.17, 15) is 10.2 Å². The van der Waals surface area contributed by atoms with E-state index < -0.39 is 24.4 Å². The summed E-state index contributed by atoms with van der Waals surface area (Å²) in [5.74, 6) is 0. The molecule has 0 unspecified atom stereocenters. The molecule has 0 aromatic rings. The molecule has 1 rings (SSSR count). The Morgan fingerprint density at radius 1 is 1.21 bits per heavy atom. The number of hydrogen-bond acceptors (Lipinski definition) is 5. The number of unbranched alkanes of at least 4 members (excludes halogenated alkanes) is 2. The minimum atomic E-state index is -1.09. The highest BCUT2D eigenvalue weighted by atomic mass is 16.6. The topological polar surface area (TPSA) is 79.2 Å². The lowest BCUT2D eigenvalue weighted by molar-refractivity contribution is -0.208. The molecule has 19 heavy (non-hydrogen) atoms. The zero-order valence-corrected chi connectivity index (χ0v) is 11.6.